The van der Waals surface area contributed by atoms with E-state index in [0.29, 0.717) is 5.56 Å². The highest BCUT2D eigenvalue weighted by Gasteiger charge is 2.23. The van der Waals surface area contributed by atoms with Crippen molar-refractivity contribution in [3.05, 3.63) is 95.9 Å². The number of nitrogens with one attached hydrogen (secondary N) is 1. The monoisotopic (exact) mass is 535 g/mol. The number of aryl methyl sites for hydroxylation is 1. The molecule has 2 aromatic heterocycles. The summed E-state index contributed by atoms with van der Waals surface area (Å²) >= 11 is 0. The van der Waals surface area contributed by atoms with E-state index in [4.69, 9.17) is 4.74 Å². The fraction of sp³-hybridized carbons (Fsp3) is 0.364. The van der Waals surface area contributed by atoms with Crippen molar-refractivity contribution in [2.75, 3.05) is 31.1 Å². The highest BCUT2D eigenvalue weighted by atomic mass is 16.5. The molecule has 0 atom stereocenters. The third-order valence-corrected chi connectivity index (χ3v) is 8.14. The summed E-state index contributed by atoms with van der Waals surface area (Å²) in [6.45, 7) is 6.94. The predicted molar refractivity (Wildman–Crippen MR) is 159 cm³/mol. The number of hydrogen-bond acceptors (Lipinski definition) is 6. The number of piperidine rings is 2. The fourth-order valence-electron chi connectivity index (χ4n) is 5.74. The number of aromatic nitrogens is 2. The molecular weight excluding hydrogens is 498 g/mol. The quantitative estimate of drug-likeness (QED) is 0.343. The van der Waals surface area contributed by atoms with E-state index in [1.165, 1.54) is 16.8 Å². The van der Waals surface area contributed by atoms with Gasteiger partial charge < -0.3 is 15.0 Å². The molecule has 4 heterocycles. The Morgan fingerprint density at radius 3 is 2.42 bits per heavy atom. The Labute approximate surface area is 236 Å². The second kappa shape index (κ2) is 12.0. The van der Waals surface area contributed by atoms with Crippen LogP contribution in [0.15, 0.2) is 79.3 Å². The van der Waals surface area contributed by atoms with Crippen LogP contribution in [0.5, 0.6) is 5.75 Å². The molecule has 0 bridgehead atoms. The molecular formula is C33H37N5O2. The molecule has 0 spiro atoms. The minimum absolute atomic E-state index is 0.0585. The van der Waals surface area contributed by atoms with Crippen molar-refractivity contribution in [3.8, 4) is 5.75 Å². The maximum absolute atomic E-state index is 13.1. The lowest BCUT2D eigenvalue weighted by Gasteiger charge is -2.33. The Bertz CT molecular complexity index is 1430. The van der Waals surface area contributed by atoms with Crippen LogP contribution in [-0.2, 0) is 6.54 Å². The summed E-state index contributed by atoms with van der Waals surface area (Å²) in [7, 11) is 0. The Kier molecular flexibility index (Phi) is 7.91. The number of likely N-dealkylation sites (tertiary alicyclic amines) is 1. The lowest BCUT2D eigenvalue weighted by molar-refractivity contribution is 0.0908. The maximum Gasteiger partial charge on any atom is 0.253 e. The summed E-state index contributed by atoms with van der Waals surface area (Å²) in [5, 5.41) is 4.16. The van der Waals surface area contributed by atoms with E-state index in [9.17, 15) is 4.79 Å². The summed E-state index contributed by atoms with van der Waals surface area (Å²) in [4.78, 5) is 26.6. The summed E-state index contributed by atoms with van der Waals surface area (Å²) in [6.07, 6.45) is 9.38. The topological polar surface area (TPSA) is 70.6 Å². The number of rotatable bonds is 7. The van der Waals surface area contributed by atoms with Gasteiger partial charge in [-0.25, -0.2) is 0 Å². The maximum atomic E-state index is 13.1. The van der Waals surface area contributed by atoms with Crippen LogP contribution in [0, 0.1) is 6.92 Å². The zero-order valence-electron chi connectivity index (χ0n) is 23.1. The standard InChI is InChI=1S/C33H37N5O2/c1-24-2-4-29(5-3-24)38-18-12-30(13-19-38)40-31-6-7-32-26(21-31)20-27(22-35-32)33(39)36-28-10-16-37(17-11-28)23-25-8-14-34-15-9-25/h2-9,14-15,20-22,28,30H,10-13,16-19,23H2,1H3,(H,36,39). The van der Waals surface area contributed by atoms with Gasteiger partial charge in [-0.3, -0.25) is 19.7 Å². The minimum atomic E-state index is -0.0585. The van der Waals surface area contributed by atoms with Crippen molar-refractivity contribution in [2.45, 2.75) is 51.3 Å². The molecule has 206 valence electrons. The number of nitrogens with zero attached hydrogens (tertiary/aromatic N) is 4. The zero-order chi connectivity index (χ0) is 27.3. The Balaban J connectivity index is 1.02. The Morgan fingerprint density at radius 1 is 0.925 bits per heavy atom. The minimum Gasteiger partial charge on any atom is -0.490 e. The second-order valence-corrected chi connectivity index (χ2v) is 11.1. The molecule has 6 rings (SSSR count). The van der Waals surface area contributed by atoms with Gasteiger partial charge in [-0.15, -0.1) is 0 Å². The van der Waals surface area contributed by atoms with Gasteiger partial charge in [0.15, 0.2) is 0 Å². The number of amides is 1. The van der Waals surface area contributed by atoms with Crippen molar-refractivity contribution in [2.24, 2.45) is 0 Å². The van der Waals surface area contributed by atoms with E-state index >= 15 is 0 Å². The van der Waals surface area contributed by atoms with Crippen molar-refractivity contribution in [1.29, 1.82) is 0 Å². The summed E-state index contributed by atoms with van der Waals surface area (Å²) in [5.41, 5.74) is 5.29. The number of carbonyl (C=O) groups is 1. The lowest BCUT2D eigenvalue weighted by atomic mass is 10.0. The van der Waals surface area contributed by atoms with Gasteiger partial charge in [-0.2, -0.15) is 0 Å². The van der Waals surface area contributed by atoms with Crippen LogP contribution < -0.4 is 15.0 Å². The predicted octanol–water partition coefficient (Wildman–Crippen LogP) is 5.38. The molecule has 1 amide bonds. The molecule has 0 saturated carbocycles. The molecule has 40 heavy (non-hydrogen) atoms. The van der Waals surface area contributed by atoms with Crippen molar-refractivity contribution in [3.63, 3.8) is 0 Å². The van der Waals surface area contributed by atoms with Crippen LogP contribution in [0.3, 0.4) is 0 Å². The van der Waals surface area contributed by atoms with Crippen LogP contribution in [0.4, 0.5) is 5.69 Å². The highest BCUT2D eigenvalue weighted by Crippen LogP contribution is 2.26. The first-order valence-corrected chi connectivity index (χ1v) is 14.4. The summed E-state index contributed by atoms with van der Waals surface area (Å²) in [5.74, 6) is 0.777. The number of carbonyl (C=O) groups excluding carboxylic acids is 1. The molecule has 0 unspecified atom stereocenters. The van der Waals surface area contributed by atoms with Crippen LogP contribution in [0.2, 0.25) is 0 Å². The first-order valence-electron chi connectivity index (χ1n) is 14.4. The third-order valence-electron chi connectivity index (χ3n) is 8.14. The van der Waals surface area contributed by atoms with Gasteiger partial charge in [0.25, 0.3) is 5.91 Å². The number of anilines is 1. The van der Waals surface area contributed by atoms with Gasteiger partial charge in [0.1, 0.15) is 11.9 Å². The Hall–Kier alpha value is -3.97. The number of ether oxygens (including phenoxy) is 1. The van der Waals surface area contributed by atoms with Crippen LogP contribution in [-0.4, -0.2) is 59.1 Å². The SMILES string of the molecule is Cc1ccc(N2CCC(Oc3ccc4ncc(C(=O)NC5CCN(Cc6ccncc6)CC5)cc4c3)CC2)cc1. The molecule has 7 heteroatoms. The van der Waals surface area contributed by atoms with Gasteiger partial charge in [-0.05, 0) is 73.9 Å². The second-order valence-electron chi connectivity index (χ2n) is 11.1. The van der Waals surface area contributed by atoms with Crippen LogP contribution in [0.1, 0.15) is 47.2 Å². The number of hydrogen-bond donors (Lipinski definition) is 1. The molecule has 1 N–H and O–H groups in total. The first kappa shape index (κ1) is 26.3. The van der Waals surface area contributed by atoms with Gasteiger partial charge in [0.2, 0.25) is 0 Å². The van der Waals surface area contributed by atoms with Crippen molar-refractivity contribution in [1.82, 2.24) is 20.2 Å². The smallest absolute Gasteiger partial charge is 0.253 e. The van der Waals surface area contributed by atoms with E-state index in [0.717, 1.165) is 75.1 Å². The van der Waals surface area contributed by atoms with E-state index in [2.05, 4.69) is 68.4 Å². The number of pyridine rings is 2. The molecule has 2 fully saturated rings. The van der Waals surface area contributed by atoms with Gasteiger partial charge in [0, 0.05) is 81.3 Å². The van der Waals surface area contributed by atoms with E-state index in [1.54, 1.807) is 6.20 Å². The van der Waals surface area contributed by atoms with Crippen molar-refractivity contribution < 1.29 is 9.53 Å². The van der Waals surface area contributed by atoms with Crippen molar-refractivity contribution >= 4 is 22.5 Å². The molecule has 0 radical (unpaired) electrons. The molecule has 7 nitrogen and oxygen atoms in total. The largest absolute Gasteiger partial charge is 0.490 e. The van der Waals surface area contributed by atoms with Crippen LogP contribution >= 0.6 is 0 Å². The van der Waals surface area contributed by atoms with Gasteiger partial charge >= 0.3 is 0 Å². The summed E-state index contributed by atoms with van der Waals surface area (Å²) in [6, 6.07) is 21.0. The average molecular weight is 536 g/mol. The summed E-state index contributed by atoms with van der Waals surface area (Å²) < 4.78 is 6.38. The molecule has 2 aliphatic heterocycles. The van der Waals surface area contributed by atoms with E-state index < -0.39 is 0 Å². The molecule has 0 aliphatic carbocycles. The molecule has 2 saturated heterocycles. The third kappa shape index (κ3) is 6.42. The van der Waals surface area contributed by atoms with E-state index in [-0.39, 0.29) is 18.1 Å². The Morgan fingerprint density at radius 2 is 1.68 bits per heavy atom. The lowest BCUT2D eigenvalue weighted by Crippen LogP contribution is -2.44. The number of benzene rings is 2. The van der Waals surface area contributed by atoms with E-state index in [1.807, 2.05) is 36.7 Å². The molecule has 2 aromatic carbocycles. The van der Waals surface area contributed by atoms with Gasteiger partial charge in [-0.1, -0.05) is 17.7 Å². The average Bonchev–Trinajstić information content (AvgIpc) is 2.99. The van der Waals surface area contributed by atoms with Gasteiger partial charge in [0.05, 0.1) is 11.1 Å². The fourth-order valence-corrected chi connectivity index (χ4v) is 5.74. The van der Waals surface area contributed by atoms with Crippen LogP contribution in [0.25, 0.3) is 10.9 Å². The first-order chi connectivity index (χ1) is 19.6. The number of fused-ring (bicyclic) bond motifs is 1. The molecule has 2 aliphatic rings. The highest BCUT2D eigenvalue weighted by molar-refractivity contribution is 5.97. The normalized spacial score (nSPS) is 17.2. The zero-order valence-corrected chi connectivity index (χ0v) is 23.1. The molecule has 4 aromatic rings.